The first-order valence-electron chi connectivity index (χ1n) is 5.85. The minimum Gasteiger partial charge on any atom is -0.398 e. The number of aryl methyl sites for hydroxylation is 1. The number of nitrogens with two attached hydrogens (primary N) is 1. The van der Waals surface area contributed by atoms with Gasteiger partial charge in [-0.25, -0.2) is 0 Å². The molecule has 0 spiro atoms. The molecule has 92 valence electrons. The average molecular weight is 250 g/mol. The van der Waals surface area contributed by atoms with Crippen molar-refractivity contribution in [3.63, 3.8) is 0 Å². The normalized spacial score (nSPS) is 20.4. The van der Waals surface area contributed by atoms with Crippen LogP contribution in [0.15, 0.2) is 18.2 Å². The molecule has 0 bridgehead atoms. The van der Waals surface area contributed by atoms with Crippen molar-refractivity contribution in [3.8, 4) is 0 Å². The number of thioether (sulfide) groups is 1. The van der Waals surface area contributed by atoms with Gasteiger partial charge in [0.05, 0.1) is 5.56 Å². The van der Waals surface area contributed by atoms with E-state index in [4.69, 9.17) is 5.73 Å². The van der Waals surface area contributed by atoms with Gasteiger partial charge in [-0.3, -0.25) is 4.79 Å². The number of rotatable bonds is 1. The number of nitrogens with zero attached hydrogens (tertiary/aromatic N) is 1. The number of carbonyl (C=O) groups is 1. The third kappa shape index (κ3) is 2.75. The molecule has 1 heterocycles. The number of hydrogen-bond donors (Lipinski definition) is 1. The Kier molecular flexibility index (Phi) is 3.62. The highest BCUT2D eigenvalue weighted by atomic mass is 32.2. The van der Waals surface area contributed by atoms with Crippen LogP contribution < -0.4 is 5.73 Å². The molecule has 1 fully saturated rings. The largest absolute Gasteiger partial charge is 0.398 e. The van der Waals surface area contributed by atoms with E-state index < -0.39 is 0 Å². The van der Waals surface area contributed by atoms with E-state index in [-0.39, 0.29) is 5.91 Å². The SMILES string of the molecule is Cc1ccc(N)c(C(=O)N2CCSC(C)C2)c1. The fourth-order valence-corrected chi connectivity index (χ4v) is 3.04. The van der Waals surface area contributed by atoms with Crippen molar-refractivity contribution in [1.82, 2.24) is 4.90 Å². The lowest BCUT2D eigenvalue weighted by molar-refractivity contribution is 0.0764. The molecule has 2 rings (SSSR count). The fourth-order valence-electron chi connectivity index (χ4n) is 2.03. The maximum Gasteiger partial charge on any atom is 0.256 e. The number of anilines is 1. The lowest BCUT2D eigenvalue weighted by Crippen LogP contribution is -2.41. The van der Waals surface area contributed by atoms with E-state index in [0.717, 1.165) is 24.4 Å². The molecule has 1 aliphatic heterocycles. The minimum absolute atomic E-state index is 0.0679. The number of hydrogen-bond acceptors (Lipinski definition) is 3. The summed E-state index contributed by atoms with van der Waals surface area (Å²) in [7, 11) is 0. The van der Waals surface area contributed by atoms with E-state index in [0.29, 0.717) is 16.5 Å². The number of carbonyl (C=O) groups excluding carboxylic acids is 1. The average Bonchev–Trinajstić information content (AvgIpc) is 2.31. The van der Waals surface area contributed by atoms with E-state index in [1.807, 2.05) is 41.8 Å². The van der Waals surface area contributed by atoms with Crippen LogP contribution in [-0.2, 0) is 0 Å². The maximum absolute atomic E-state index is 12.4. The molecule has 3 nitrogen and oxygen atoms in total. The third-order valence-electron chi connectivity index (χ3n) is 2.97. The quantitative estimate of drug-likeness (QED) is 0.777. The van der Waals surface area contributed by atoms with Crippen LogP contribution in [0.3, 0.4) is 0 Å². The van der Waals surface area contributed by atoms with Crippen LogP contribution in [0.4, 0.5) is 5.69 Å². The molecule has 1 saturated heterocycles. The van der Waals surface area contributed by atoms with Gasteiger partial charge in [-0.05, 0) is 19.1 Å². The van der Waals surface area contributed by atoms with Gasteiger partial charge in [-0.1, -0.05) is 18.6 Å². The van der Waals surface area contributed by atoms with E-state index in [1.165, 1.54) is 0 Å². The summed E-state index contributed by atoms with van der Waals surface area (Å²) in [6, 6.07) is 5.62. The van der Waals surface area contributed by atoms with Gasteiger partial charge in [0.2, 0.25) is 0 Å². The first kappa shape index (κ1) is 12.3. The Morgan fingerprint density at radius 3 is 3.00 bits per heavy atom. The molecule has 0 saturated carbocycles. The van der Waals surface area contributed by atoms with Crippen molar-refractivity contribution in [1.29, 1.82) is 0 Å². The Bertz CT molecular complexity index is 433. The van der Waals surface area contributed by atoms with E-state index in [9.17, 15) is 4.79 Å². The molecule has 1 aromatic rings. The van der Waals surface area contributed by atoms with Gasteiger partial charge in [-0.15, -0.1) is 0 Å². The molecule has 1 atom stereocenters. The molecule has 2 N–H and O–H groups in total. The van der Waals surface area contributed by atoms with Crippen molar-refractivity contribution in [2.45, 2.75) is 19.1 Å². The molecule has 1 unspecified atom stereocenters. The van der Waals surface area contributed by atoms with Gasteiger partial charge < -0.3 is 10.6 Å². The predicted molar refractivity (Wildman–Crippen MR) is 73.4 cm³/mol. The molecule has 17 heavy (non-hydrogen) atoms. The lowest BCUT2D eigenvalue weighted by Gasteiger charge is -2.31. The van der Waals surface area contributed by atoms with E-state index >= 15 is 0 Å². The molecule has 4 heteroatoms. The van der Waals surface area contributed by atoms with Crippen molar-refractivity contribution >= 4 is 23.4 Å². The van der Waals surface area contributed by atoms with Crippen LogP contribution in [0, 0.1) is 6.92 Å². The monoisotopic (exact) mass is 250 g/mol. The topological polar surface area (TPSA) is 46.3 Å². The molecule has 1 aromatic carbocycles. The van der Waals surface area contributed by atoms with Crippen molar-refractivity contribution in [2.75, 3.05) is 24.6 Å². The molecule has 0 radical (unpaired) electrons. The molecular weight excluding hydrogens is 232 g/mol. The van der Waals surface area contributed by atoms with Crippen LogP contribution in [0.25, 0.3) is 0 Å². The zero-order valence-corrected chi connectivity index (χ0v) is 11.1. The second kappa shape index (κ2) is 5.00. The number of nitrogen functional groups attached to an aromatic ring is 1. The standard InChI is InChI=1S/C13H18N2OS/c1-9-3-4-12(14)11(7-9)13(16)15-5-6-17-10(2)8-15/h3-4,7,10H,5-6,8,14H2,1-2H3. The van der Waals surface area contributed by atoms with Crippen molar-refractivity contribution in [3.05, 3.63) is 29.3 Å². The van der Waals surface area contributed by atoms with Crippen molar-refractivity contribution in [2.24, 2.45) is 0 Å². The summed E-state index contributed by atoms with van der Waals surface area (Å²) in [4.78, 5) is 14.3. The minimum atomic E-state index is 0.0679. The van der Waals surface area contributed by atoms with Gasteiger partial charge >= 0.3 is 0 Å². The Morgan fingerprint density at radius 1 is 1.53 bits per heavy atom. The highest BCUT2D eigenvalue weighted by Gasteiger charge is 2.23. The first-order valence-corrected chi connectivity index (χ1v) is 6.90. The summed E-state index contributed by atoms with van der Waals surface area (Å²) in [6.45, 7) is 5.77. The van der Waals surface area contributed by atoms with Gasteiger partial charge in [0, 0.05) is 29.8 Å². The highest BCUT2D eigenvalue weighted by Crippen LogP contribution is 2.22. The molecule has 1 amide bonds. The summed E-state index contributed by atoms with van der Waals surface area (Å²) in [6.07, 6.45) is 0. The van der Waals surface area contributed by atoms with Crippen LogP contribution in [0.1, 0.15) is 22.8 Å². The Labute approximate surface area is 106 Å². The summed E-state index contributed by atoms with van der Waals surface area (Å²) in [5, 5.41) is 0.513. The lowest BCUT2D eigenvalue weighted by atomic mass is 10.1. The maximum atomic E-state index is 12.4. The van der Waals surface area contributed by atoms with E-state index in [2.05, 4.69) is 6.92 Å². The zero-order valence-electron chi connectivity index (χ0n) is 10.3. The van der Waals surface area contributed by atoms with Crippen molar-refractivity contribution < 1.29 is 4.79 Å². The van der Waals surface area contributed by atoms with Crippen LogP contribution in [-0.4, -0.2) is 34.9 Å². The summed E-state index contributed by atoms with van der Waals surface area (Å²) in [5.41, 5.74) is 8.17. The van der Waals surface area contributed by atoms with Crippen LogP contribution >= 0.6 is 11.8 Å². The fraction of sp³-hybridized carbons (Fsp3) is 0.462. The summed E-state index contributed by atoms with van der Waals surface area (Å²) < 4.78 is 0. The predicted octanol–water partition coefficient (Wildman–Crippen LogP) is 2.15. The smallest absolute Gasteiger partial charge is 0.256 e. The number of benzene rings is 1. The molecule has 0 aromatic heterocycles. The Balaban J connectivity index is 2.21. The summed E-state index contributed by atoms with van der Waals surface area (Å²) >= 11 is 1.92. The van der Waals surface area contributed by atoms with Gasteiger partial charge in [0.25, 0.3) is 5.91 Å². The first-order chi connectivity index (χ1) is 8.08. The Hall–Kier alpha value is -1.16. The molecular formula is C13H18N2OS. The third-order valence-corrected chi connectivity index (χ3v) is 4.10. The van der Waals surface area contributed by atoms with Gasteiger partial charge in [0.1, 0.15) is 0 Å². The molecule has 1 aliphatic rings. The Morgan fingerprint density at radius 2 is 2.29 bits per heavy atom. The second-order valence-electron chi connectivity index (χ2n) is 4.52. The molecule has 0 aliphatic carbocycles. The van der Waals surface area contributed by atoms with Crippen LogP contribution in [0.5, 0.6) is 0 Å². The van der Waals surface area contributed by atoms with Crippen LogP contribution in [0.2, 0.25) is 0 Å². The zero-order chi connectivity index (χ0) is 12.4. The second-order valence-corrected chi connectivity index (χ2v) is 6.07. The highest BCUT2D eigenvalue weighted by molar-refractivity contribution is 7.99. The van der Waals surface area contributed by atoms with Gasteiger partial charge in [-0.2, -0.15) is 11.8 Å². The summed E-state index contributed by atoms with van der Waals surface area (Å²) in [5.74, 6) is 1.08. The van der Waals surface area contributed by atoms with E-state index in [1.54, 1.807) is 0 Å². The number of amides is 1. The van der Waals surface area contributed by atoms with Gasteiger partial charge in [0.15, 0.2) is 0 Å².